The fraction of sp³-hybridized carbons (Fsp3) is 0.500. The lowest BCUT2D eigenvalue weighted by Crippen LogP contribution is -2.30. The summed E-state index contributed by atoms with van der Waals surface area (Å²) in [4.78, 5) is 1.95. The quantitative estimate of drug-likeness (QED) is 0.789. The van der Waals surface area contributed by atoms with Crippen molar-refractivity contribution in [3.63, 3.8) is 0 Å². The highest BCUT2D eigenvalue weighted by Gasteiger charge is 2.32. The van der Waals surface area contributed by atoms with Crippen LogP contribution in [0, 0.1) is 0 Å². The van der Waals surface area contributed by atoms with Crippen LogP contribution in [0.2, 0.25) is 0 Å². The molecule has 0 spiro atoms. The van der Waals surface area contributed by atoms with Crippen LogP contribution >= 0.6 is 0 Å². The van der Waals surface area contributed by atoms with E-state index in [9.17, 15) is 13.2 Å². The third-order valence-electron chi connectivity index (χ3n) is 2.79. The van der Waals surface area contributed by atoms with Gasteiger partial charge in [0.25, 0.3) is 0 Å². The molecule has 2 nitrogen and oxygen atoms in total. The van der Waals surface area contributed by atoms with Crippen LogP contribution in [0.4, 0.5) is 18.9 Å². The van der Waals surface area contributed by atoms with Crippen LogP contribution in [0.3, 0.4) is 0 Å². The minimum atomic E-state index is -4.63. The molecule has 1 heterocycles. The molecule has 1 aliphatic heterocycles. The number of benzene rings is 1. The molecule has 1 aliphatic rings. The summed E-state index contributed by atoms with van der Waals surface area (Å²) in [5.41, 5.74) is 0.532. The van der Waals surface area contributed by atoms with Crippen molar-refractivity contribution in [3.8, 4) is 5.75 Å². The zero-order valence-corrected chi connectivity index (χ0v) is 9.33. The first-order chi connectivity index (χ1) is 8.06. The Balaban J connectivity index is 2.20. The van der Waals surface area contributed by atoms with Crippen molar-refractivity contribution in [1.82, 2.24) is 0 Å². The number of halogens is 3. The van der Waals surface area contributed by atoms with E-state index in [1.807, 2.05) is 4.90 Å². The SMILES string of the molecule is FC(F)(F)Oc1ccccc1N1CCCCC1. The topological polar surface area (TPSA) is 12.5 Å². The summed E-state index contributed by atoms with van der Waals surface area (Å²) in [6.45, 7) is 1.58. The van der Waals surface area contributed by atoms with Crippen LogP contribution < -0.4 is 9.64 Å². The van der Waals surface area contributed by atoms with Crippen LogP contribution in [0.15, 0.2) is 24.3 Å². The Morgan fingerprint density at radius 2 is 1.65 bits per heavy atom. The van der Waals surface area contributed by atoms with Crippen molar-refractivity contribution >= 4 is 5.69 Å². The lowest BCUT2D eigenvalue weighted by Gasteiger charge is -2.30. The molecular weight excluding hydrogens is 231 g/mol. The van der Waals surface area contributed by atoms with Gasteiger partial charge in [-0.25, -0.2) is 0 Å². The number of anilines is 1. The molecule has 1 fully saturated rings. The van der Waals surface area contributed by atoms with Crippen LogP contribution in [0.25, 0.3) is 0 Å². The van der Waals surface area contributed by atoms with E-state index < -0.39 is 6.36 Å². The Morgan fingerprint density at radius 3 is 2.29 bits per heavy atom. The summed E-state index contributed by atoms with van der Waals surface area (Å²) < 4.78 is 40.8. The fourth-order valence-corrected chi connectivity index (χ4v) is 2.06. The van der Waals surface area contributed by atoms with Crippen LogP contribution in [0.1, 0.15) is 19.3 Å². The number of hydrogen-bond donors (Lipinski definition) is 0. The summed E-state index contributed by atoms with van der Waals surface area (Å²) in [5, 5.41) is 0. The highest BCUT2D eigenvalue weighted by Crippen LogP contribution is 2.33. The van der Waals surface area contributed by atoms with Gasteiger partial charge in [-0.3, -0.25) is 0 Å². The number of para-hydroxylation sites is 2. The average Bonchev–Trinajstić information content (AvgIpc) is 2.29. The zero-order chi connectivity index (χ0) is 12.3. The molecule has 94 valence electrons. The van der Waals surface area contributed by atoms with Crippen molar-refractivity contribution in [2.24, 2.45) is 0 Å². The number of ether oxygens (including phenoxy) is 1. The van der Waals surface area contributed by atoms with E-state index in [1.165, 1.54) is 6.07 Å². The van der Waals surface area contributed by atoms with E-state index in [0.29, 0.717) is 5.69 Å². The predicted molar refractivity (Wildman–Crippen MR) is 59.2 cm³/mol. The molecule has 1 aromatic carbocycles. The van der Waals surface area contributed by atoms with Crippen LogP contribution in [0.5, 0.6) is 5.75 Å². The van der Waals surface area contributed by atoms with Gasteiger partial charge in [0.05, 0.1) is 5.69 Å². The smallest absolute Gasteiger partial charge is 0.404 e. The second kappa shape index (κ2) is 4.85. The summed E-state index contributed by atoms with van der Waals surface area (Å²) in [6, 6.07) is 6.31. The van der Waals surface area contributed by atoms with E-state index in [0.717, 1.165) is 32.4 Å². The lowest BCUT2D eigenvalue weighted by atomic mass is 10.1. The lowest BCUT2D eigenvalue weighted by molar-refractivity contribution is -0.274. The first kappa shape index (κ1) is 12.1. The van der Waals surface area contributed by atoms with Gasteiger partial charge >= 0.3 is 6.36 Å². The summed E-state index contributed by atoms with van der Waals surface area (Å²) in [6.07, 6.45) is -1.47. The van der Waals surface area contributed by atoms with Crippen molar-refractivity contribution in [2.75, 3.05) is 18.0 Å². The Hall–Kier alpha value is -1.39. The highest BCUT2D eigenvalue weighted by molar-refractivity contribution is 5.58. The van der Waals surface area contributed by atoms with E-state index in [1.54, 1.807) is 18.2 Å². The summed E-state index contributed by atoms with van der Waals surface area (Å²) in [7, 11) is 0. The molecule has 0 N–H and O–H groups in total. The van der Waals surface area contributed by atoms with Crippen molar-refractivity contribution < 1.29 is 17.9 Å². The van der Waals surface area contributed by atoms with Gasteiger partial charge in [0.15, 0.2) is 5.75 Å². The van der Waals surface area contributed by atoms with Crippen molar-refractivity contribution in [1.29, 1.82) is 0 Å². The van der Waals surface area contributed by atoms with Gasteiger partial charge in [-0.15, -0.1) is 13.2 Å². The molecule has 1 saturated heterocycles. The molecule has 0 saturated carbocycles. The molecule has 0 aliphatic carbocycles. The summed E-state index contributed by atoms with van der Waals surface area (Å²) >= 11 is 0. The number of nitrogens with zero attached hydrogens (tertiary/aromatic N) is 1. The van der Waals surface area contributed by atoms with Gasteiger partial charge in [0, 0.05) is 13.1 Å². The maximum atomic E-state index is 12.2. The maximum absolute atomic E-state index is 12.2. The fourth-order valence-electron chi connectivity index (χ4n) is 2.06. The molecule has 0 unspecified atom stereocenters. The molecule has 0 amide bonds. The van der Waals surface area contributed by atoms with Gasteiger partial charge in [0.1, 0.15) is 0 Å². The predicted octanol–water partition coefficient (Wildman–Crippen LogP) is 3.58. The monoisotopic (exact) mass is 245 g/mol. The molecule has 0 atom stereocenters. The van der Waals surface area contributed by atoms with Crippen molar-refractivity contribution in [2.45, 2.75) is 25.6 Å². The first-order valence-electron chi connectivity index (χ1n) is 5.66. The minimum absolute atomic E-state index is 0.109. The van der Waals surface area contributed by atoms with Gasteiger partial charge in [0.2, 0.25) is 0 Å². The maximum Gasteiger partial charge on any atom is 0.573 e. The summed E-state index contributed by atoms with van der Waals surface area (Å²) in [5.74, 6) is -0.109. The minimum Gasteiger partial charge on any atom is -0.404 e. The van der Waals surface area contributed by atoms with Crippen LogP contribution in [-0.2, 0) is 0 Å². The first-order valence-corrected chi connectivity index (χ1v) is 5.66. The normalized spacial score (nSPS) is 17.0. The van der Waals surface area contributed by atoms with Crippen LogP contribution in [-0.4, -0.2) is 19.5 Å². The molecule has 0 bridgehead atoms. The largest absolute Gasteiger partial charge is 0.573 e. The Kier molecular flexibility index (Phi) is 3.45. The van der Waals surface area contributed by atoms with E-state index in [4.69, 9.17) is 0 Å². The molecule has 2 rings (SSSR count). The number of alkyl halides is 3. The van der Waals surface area contributed by atoms with E-state index >= 15 is 0 Å². The Morgan fingerprint density at radius 1 is 1.00 bits per heavy atom. The average molecular weight is 245 g/mol. The molecule has 5 heteroatoms. The molecule has 1 aromatic rings. The molecule has 0 aromatic heterocycles. The Bertz CT molecular complexity index is 372. The van der Waals surface area contributed by atoms with E-state index in [-0.39, 0.29) is 5.75 Å². The third-order valence-corrected chi connectivity index (χ3v) is 2.79. The zero-order valence-electron chi connectivity index (χ0n) is 9.33. The second-order valence-electron chi connectivity index (χ2n) is 4.06. The molecular formula is C12H14F3NO. The highest BCUT2D eigenvalue weighted by atomic mass is 19.4. The second-order valence-corrected chi connectivity index (χ2v) is 4.06. The Labute approximate surface area is 98.0 Å². The van der Waals surface area contributed by atoms with Gasteiger partial charge in [-0.05, 0) is 31.4 Å². The van der Waals surface area contributed by atoms with E-state index in [2.05, 4.69) is 4.74 Å². The molecule has 0 radical (unpaired) electrons. The van der Waals surface area contributed by atoms with Gasteiger partial charge in [-0.2, -0.15) is 0 Å². The van der Waals surface area contributed by atoms with Crippen molar-refractivity contribution in [3.05, 3.63) is 24.3 Å². The number of piperidine rings is 1. The van der Waals surface area contributed by atoms with Gasteiger partial charge in [-0.1, -0.05) is 12.1 Å². The van der Waals surface area contributed by atoms with Gasteiger partial charge < -0.3 is 9.64 Å². The number of hydrogen-bond acceptors (Lipinski definition) is 2. The standard InChI is InChI=1S/C12H14F3NO/c13-12(14,15)17-11-7-3-2-6-10(11)16-8-4-1-5-9-16/h2-3,6-7H,1,4-5,8-9H2. The third kappa shape index (κ3) is 3.28. The molecule has 17 heavy (non-hydrogen) atoms. The number of rotatable bonds is 2.